The van der Waals surface area contributed by atoms with Gasteiger partial charge in [0, 0.05) is 17.7 Å². The smallest absolute Gasteiger partial charge is 0.269 e. The van der Waals surface area contributed by atoms with Crippen molar-refractivity contribution in [1.82, 2.24) is 10.2 Å². The highest BCUT2D eigenvalue weighted by Gasteiger charge is 2.08. The average molecular weight is 315 g/mol. The van der Waals surface area contributed by atoms with Crippen LogP contribution in [0.15, 0.2) is 30.5 Å². The maximum atomic E-state index is 10.4. The summed E-state index contributed by atoms with van der Waals surface area (Å²) in [5, 5.41) is 17.2. The molecule has 0 spiro atoms. The molecule has 2 rings (SSSR count). The SMILES string of the molecule is O=[N+]([O-])c1ccc(-c2[nH]ncc2I)cc1. The van der Waals surface area contributed by atoms with E-state index in [1.807, 2.05) is 0 Å². The minimum Gasteiger partial charge on any atom is -0.277 e. The molecule has 0 aliphatic carbocycles. The number of nitrogens with zero attached hydrogens (tertiary/aromatic N) is 2. The topological polar surface area (TPSA) is 71.8 Å². The number of H-pyrrole nitrogens is 1. The third kappa shape index (κ3) is 1.99. The molecule has 15 heavy (non-hydrogen) atoms. The molecule has 0 aliphatic rings. The molecule has 0 unspecified atom stereocenters. The van der Waals surface area contributed by atoms with E-state index < -0.39 is 4.92 Å². The van der Waals surface area contributed by atoms with E-state index in [1.54, 1.807) is 18.3 Å². The standard InChI is InChI=1S/C9H6IN3O2/c10-8-5-11-12-9(8)6-1-3-7(4-2-6)13(14)15/h1-5H,(H,11,12). The fourth-order valence-corrected chi connectivity index (χ4v) is 1.79. The van der Waals surface area contributed by atoms with Gasteiger partial charge < -0.3 is 0 Å². The molecule has 1 N–H and O–H groups in total. The van der Waals surface area contributed by atoms with E-state index in [2.05, 4.69) is 32.8 Å². The first-order chi connectivity index (χ1) is 7.18. The largest absolute Gasteiger partial charge is 0.277 e. The summed E-state index contributed by atoms with van der Waals surface area (Å²) >= 11 is 2.15. The molecule has 1 heterocycles. The van der Waals surface area contributed by atoms with E-state index in [0.717, 1.165) is 14.8 Å². The zero-order chi connectivity index (χ0) is 10.8. The summed E-state index contributed by atoms with van der Waals surface area (Å²) in [5.41, 5.74) is 1.86. The quantitative estimate of drug-likeness (QED) is 0.526. The van der Waals surface area contributed by atoms with Gasteiger partial charge in [0.05, 0.1) is 20.4 Å². The molecule has 6 heteroatoms. The van der Waals surface area contributed by atoms with Gasteiger partial charge in [-0.2, -0.15) is 5.10 Å². The van der Waals surface area contributed by atoms with Crippen molar-refractivity contribution in [3.8, 4) is 11.3 Å². The van der Waals surface area contributed by atoms with Gasteiger partial charge in [0.2, 0.25) is 0 Å². The van der Waals surface area contributed by atoms with Crippen LogP contribution >= 0.6 is 22.6 Å². The van der Waals surface area contributed by atoms with Crippen molar-refractivity contribution in [2.75, 3.05) is 0 Å². The Bertz CT molecular complexity index is 492. The van der Waals surface area contributed by atoms with Crippen molar-refractivity contribution < 1.29 is 4.92 Å². The molecule has 0 saturated heterocycles. The average Bonchev–Trinajstić information content (AvgIpc) is 2.65. The van der Waals surface area contributed by atoms with E-state index in [1.165, 1.54) is 12.1 Å². The number of hydrogen-bond donors (Lipinski definition) is 1. The lowest BCUT2D eigenvalue weighted by molar-refractivity contribution is -0.384. The Kier molecular flexibility index (Phi) is 2.67. The number of aromatic amines is 1. The van der Waals surface area contributed by atoms with Crippen LogP contribution in [0.3, 0.4) is 0 Å². The second-order valence-corrected chi connectivity index (χ2v) is 4.06. The van der Waals surface area contributed by atoms with E-state index in [-0.39, 0.29) is 5.69 Å². The van der Waals surface area contributed by atoms with Gasteiger partial charge in [-0.05, 0) is 34.7 Å². The van der Waals surface area contributed by atoms with Crippen LogP contribution in [0.4, 0.5) is 5.69 Å². The van der Waals surface area contributed by atoms with Crippen molar-refractivity contribution in [1.29, 1.82) is 0 Å². The molecule has 0 radical (unpaired) electrons. The second-order valence-electron chi connectivity index (χ2n) is 2.90. The highest BCUT2D eigenvalue weighted by Crippen LogP contribution is 2.24. The van der Waals surface area contributed by atoms with Crippen molar-refractivity contribution in [2.24, 2.45) is 0 Å². The lowest BCUT2D eigenvalue weighted by Crippen LogP contribution is -1.87. The first-order valence-electron chi connectivity index (χ1n) is 4.12. The predicted molar refractivity (Wildman–Crippen MR) is 63.4 cm³/mol. The van der Waals surface area contributed by atoms with E-state index in [9.17, 15) is 10.1 Å². The zero-order valence-corrected chi connectivity index (χ0v) is 9.63. The number of nitro benzene ring substituents is 1. The van der Waals surface area contributed by atoms with Crippen LogP contribution in [-0.4, -0.2) is 15.1 Å². The molecule has 1 aromatic heterocycles. The molecule has 0 aliphatic heterocycles. The van der Waals surface area contributed by atoms with Gasteiger partial charge in [0.25, 0.3) is 5.69 Å². The van der Waals surface area contributed by atoms with Crippen LogP contribution in [0.2, 0.25) is 0 Å². The van der Waals surface area contributed by atoms with Crippen LogP contribution in [0.5, 0.6) is 0 Å². The van der Waals surface area contributed by atoms with Crippen molar-refractivity contribution in [3.05, 3.63) is 44.1 Å². The Hall–Kier alpha value is -1.44. The summed E-state index contributed by atoms with van der Waals surface area (Å²) in [6, 6.07) is 6.36. The maximum absolute atomic E-state index is 10.4. The fraction of sp³-hybridized carbons (Fsp3) is 0. The number of hydrogen-bond acceptors (Lipinski definition) is 3. The van der Waals surface area contributed by atoms with Gasteiger partial charge in [-0.15, -0.1) is 0 Å². The van der Waals surface area contributed by atoms with E-state index in [0.29, 0.717) is 0 Å². The number of rotatable bonds is 2. The molecule has 1 aromatic carbocycles. The number of nitro groups is 1. The Balaban J connectivity index is 2.40. The van der Waals surface area contributed by atoms with Gasteiger partial charge >= 0.3 is 0 Å². The first kappa shape index (κ1) is 10.1. The summed E-state index contributed by atoms with van der Waals surface area (Å²) in [7, 11) is 0. The van der Waals surface area contributed by atoms with Crippen molar-refractivity contribution in [2.45, 2.75) is 0 Å². The summed E-state index contributed by atoms with van der Waals surface area (Å²) in [6.45, 7) is 0. The minimum absolute atomic E-state index is 0.0910. The summed E-state index contributed by atoms with van der Waals surface area (Å²) < 4.78 is 0.987. The molecule has 5 nitrogen and oxygen atoms in total. The van der Waals surface area contributed by atoms with E-state index in [4.69, 9.17) is 0 Å². The molecule has 0 saturated carbocycles. The van der Waals surface area contributed by atoms with Gasteiger partial charge in [-0.1, -0.05) is 0 Å². The molecule has 0 fully saturated rings. The Morgan fingerprint density at radius 3 is 2.47 bits per heavy atom. The second kappa shape index (κ2) is 3.97. The minimum atomic E-state index is -0.415. The van der Waals surface area contributed by atoms with Crippen LogP contribution in [0.25, 0.3) is 11.3 Å². The van der Waals surface area contributed by atoms with Crippen LogP contribution in [-0.2, 0) is 0 Å². The first-order valence-corrected chi connectivity index (χ1v) is 5.20. The van der Waals surface area contributed by atoms with Crippen LogP contribution in [0, 0.1) is 13.7 Å². The van der Waals surface area contributed by atoms with Crippen molar-refractivity contribution >= 4 is 28.3 Å². The maximum Gasteiger partial charge on any atom is 0.269 e. The lowest BCUT2D eigenvalue weighted by Gasteiger charge is -1.97. The number of benzene rings is 1. The number of halogens is 1. The van der Waals surface area contributed by atoms with Gasteiger partial charge in [-0.25, -0.2) is 0 Å². The van der Waals surface area contributed by atoms with Gasteiger partial charge in [0.1, 0.15) is 0 Å². The summed E-state index contributed by atoms with van der Waals surface area (Å²) in [4.78, 5) is 10.0. The molecule has 0 amide bonds. The summed E-state index contributed by atoms with van der Waals surface area (Å²) in [6.07, 6.45) is 1.71. The molecular weight excluding hydrogens is 309 g/mol. The van der Waals surface area contributed by atoms with Gasteiger partial charge in [0.15, 0.2) is 0 Å². The molecule has 0 bridgehead atoms. The number of aromatic nitrogens is 2. The molecular formula is C9H6IN3O2. The number of nitrogens with one attached hydrogen (secondary N) is 1. The van der Waals surface area contributed by atoms with Crippen LogP contribution < -0.4 is 0 Å². The van der Waals surface area contributed by atoms with Gasteiger partial charge in [-0.3, -0.25) is 15.2 Å². The third-order valence-corrected chi connectivity index (χ3v) is 2.78. The Morgan fingerprint density at radius 1 is 1.33 bits per heavy atom. The fourth-order valence-electron chi connectivity index (χ4n) is 1.22. The zero-order valence-electron chi connectivity index (χ0n) is 7.48. The molecule has 2 aromatic rings. The predicted octanol–water partition coefficient (Wildman–Crippen LogP) is 2.59. The molecule has 76 valence electrons. The normalized spacial score (nSPS) is 10.2. The van der Waals surface area contributed by atoms with E-state index >= 15 is 0 Å². The molecule has 0 atom stereocenters. The Labute approximate surface area is 98.8 Å². The van der Waals surface area contributed by atoms with Crippen molar-refractivity contribution in [3.63, 3.8) is 0 Å². The summed E-state index contributed by atoms with van der Waals surface area (Å²) in [5.74, 6) is 0. The number of non-ortho nitro benzene ring substituents is 1. The monoisotopic (exact) mass is 315 g/mol. The Morgan fingerprint density at radius 2 is 2.00 bits per heavy atom. The highest BCUT2D eigenvalue weighted by atomic mass is 127. The highest BCUT2D eigenvalue weighted by molar-refractivity contribution is 14.1. The van der Waals surface area contributed by atoms with Crippen LogP contribution in [0.1, 0.15) is 0 Å². The lowest BCUT2D eigenvalue weighted by atomic mass is 10.1. The third-order valence-electron chi connectivity index (χ3n) is 1.96.